The van der Waals surface area contributed by atoms with E-state index >= 15 is 0 Å². The number of unbranched alkanes of at least 4 members (excludes halogenated alkanes) is 1. The number of nitrogens with zero attached hydrogens (tertiary/aromatic N) is 3. The molecule has 2 rings (SSSR count). The van der Waals surface area contributed by atoms with Crippen molar-refractivity contribution in [3.8, 4) is 0 Å². The van der Waals surface area contributed by atoms with Crippen LogP contribution in [-0.2, 0) is 17.9 Å². The molecule has 1 atom stereocenters. The standard InChI is InChI=1S/C22H35N5O.HI/c1-4-5-6-12-26(3)22(24-2)25-15-18-9-7-10-19(14-18)16-27-13-8-11-20(17-27)21(23)28;/h4,7,9-10,14,20H,1,5-6,8,11-13,15-17H2,2-3H3,(H2,23,28)(H,24,25);1H. The average molecular weight is 513 g/mol. The molecule has 0 radical (unpaired) electrons. The van der Waals surface area contributed by atoms with Gasteiger partial charge in [-0.3, -0.25) is 14.7 Å². The normalized spacial score (nSPS) is 17.3. The highest BCUT2D eigenvalue weighted by Crippen LogP contribution is 2.18. The van der Waals surface area contributed by atoms with Crippen molar-refractivity contribution in [3.63, 3.8) is 0 Å². The van der Waals surface area contributed by atoms with Gasteiger partial charge in [-0.05, 0) is 43.4 Å². The van der Waals surface area contributed by atoms with E-state index in [2.05, 4.69) is 58.0 Å². The maximum absolute atomic E-state index is 11.5. The quantitative estimate of drug-likeness (QED) is 0.175. The van der Waals surface area contributed by atoms with Crippen LogP contribution in [-0.4, -0.2) is 55.4 Å². The maximum Gasteiger partial charge on any atom is 0.221 e. The smallest absolute Gasteiger partial charge is 0.221 e. The summed E-state index contributed by atoms with van der Waals surface area (Å²) in [4.78, 5) is 20.3. The van der Waals surface area contributed by atoms with Crippen LogP contribution >= 0.6 is 24.0 Å². The topological polar surface area (TPSA) is 74.0 Å². The molecule has 1 heterocycles. The third kappa shape index (κ3) is 8.74. The molecule has 1 aromatic carbocycles. The number of amides is 1. The monoisotopic (exact) mass is 513 g/mol. The van der Waals surface area contributed by atoms with E-state index in [1.165, 1.54) is 11.1 Å². The molecule has 1 saturated heterocycles. The molecule has 0 aromatic heterocycles. The van der Waals surface area contributed by atoms with Crippen LogP contribution in [0.15, 0.2) is 41.9 Å². The molecule has 1 aliphatic heterocycles. The minimum Gasteiger partial charge on any atom is -0.369 e. The summed E-state index contributed by atoms with van der Waals surface area (Å²) in [6.45, 7) is 8.09. The van der Waals surface area contributed by atoms with Gasteiger partial charge in [-0.15, -0.1) is 30.6 Å². The Kier molecular flexibility index (Phi) is 11.9. The zero-order chi connectivity index (χ0) is 20.4. The SMILES string of the molecule is C=CCCCN(C)C(=NC)NCc1cccc(CN2CCCC(C(N)=O)C2)c1.I. The minimum atomic E-state index is -0.175. The van der Waals surface area contributed by atoms with E-state index in [1.54, 1.807) is 0 Å². The lowest BCUT2D eigenvalue weighted by Crippen LogP contribution is -2.40. The van der Waals surface area contributed by atoms with Gasteiger partial charge in [0.1, 0.15) is 0 Å². The van der Waals surface area contributed by atoms with Crippen molar-refractivity contribution in [2.45, 2.75) is 38.8 Å². The zero-order valence-electron chi connectivity index (χ0n) is 17.8. The molecule has 0 spiro atoms. The van der Waals surface area contributed by atoms with E-state index in [0.717, 1.165) is 64.4 Å². The van der Waals surface area contributed by atoms with E-state index in [-0.39, 0.29) is 35.8 Å². The first-order valence-electron chi connectivity index (χ1n) is 10.2. The van der Waals surface area contributed by atoms with Crippen molar-refractivity contribution in [1.29, 1.82) is 0 Å². The van der Waals surface area contributed by atoms with Crippen molar-refractivity contribution >= 4 is 35.8 Å². The number of aliphatic imine (C=N–C) groups is 1. The number of benzene rings is 1. The number of nitrogens with two attached hydrogens (primary N) is 1. The number of carbonyl (C=O) groups excluding carboxylic acids is 1. The zero-order valence-corrected chi connectivity index (χ0v) is 20.1. The molecule has 0 bridgehead atoms. The predicted octanol–water partition coefficient (Wildman–Crippen LogP) is 2.98. The summed E-state index contributed by atoms with van der Waals surface area (Å²) in [5, 5.41) is 3.44. The molecule has 162 valence electrons. The lowest BCUT2D eigenvalue weighted by atomic mass is 9.97. The fraction of sp³-hybridized carbons (Fsp3) is 0.545. The van der Waals surface area contributed by atoms with Gasteiger partial charge in [0.15, 0.2) is 5.96 Å². The molecule has 1 unspecified atom stereocenters. The van der Waals surface area contributed by atoms with Gasteiger partial charge in [0.05, 0.1) is 5.92 Å². The molecular weight excluding hydrogens is 477 g/mol. The van der Waals surface area contributed by atoms with Crippen LogP contribution in [0.25, 0.3) is 0 Å². The third-order valence-electron chi connectivity index (χ3n) is 5.23. The minimum absolute atomic E-state index is 0. The Morgan fingerprint density at radius 3 is 2.90 bits per heavy atom. The van der Waals surface area contributed by atoms with E-state index in [1.807, 2.05) is 13.1 Å². The second-order valence-electron chi connectivity index (χ2n) is 7.55. The number of allylic oxidation sites excluding steroid dienone is 1. The molecule has 7 heteroatoms. The molecule has 6 nitrogen and oxygen atoms in total. The lowest BCUT2D eigenvalue weighted by Gasteiger charge is -2.31. The van der Waals surface area contributed by atoms with Crippen LogP contribution in [0.2, 0.25) is 0 Å². The Balaban J connectivity index is 0.00000420. The predicted molar refractivity (Wildman–Crippen MR) is 131 cm³/mol. The summed E-state index contributed by atoms with van der Waals surface area (Å²) in [5.41, 5.74) is 7.98. The number of halogens is 1. The maximum atomic E-state index is 11.5. The second-order valence-corrected chi connectivity index (χ2v) is 7.55. The van der Waals surface area contributed by atoms with Crippen molar-refractivity contribution in [1.82, 2.24) is 15.1 Å². The molecule has 29 heavy (non-hydrogen) atoms. The van der Waals surface area contributed by atoms with Crippen LogP contribution in [0.5, 0.6) is 0 Å². The fourth-order valence-corrected chi connectivity index (χ4v) is 3.67. The largest absolute Gasteiger partial charge is 0.369 e. The highest BCUT2D eigenvalue weighted by Gasteiger charge is 2.23. The number of piperidine rings is 1. The van der Waals surface area contributed by atoms with E-state index < -0.39 is 0 Å². The number of rotatable bonds is 9. The molecule has 1 fully saturated rings. The van der Waals surface area contributed by atoms with E-state index in [4.69, 9.17) is 5.73 Å². The van der Waals surface area contributed by atoms with Crippen molar-refractivity contribution < 1.29 is 4.79 Å². The molecule has 0 aliphatic carbocycles. The average Bonchev–Trinajstić information content (AvgIpc) is 2.69. The van der Waals surface area contributed by atoms with Gasteiger partial charge in [-0.1, -0.05) is 30.3 Å². The molecule has 1 amide bonds. The Morgan fingerprint density at radius 2 is 2.21 bits per heavy atom. The molecule has 1 aliphatic rings. The van der Waals surface area contributed by atoms with Gasteiger partial charge < -0.3 is 16.0 Å². The molecule has 3 N–H and O–H groups in total. The number of hydrogen-bond donors (Lipinski definition) is 2. The number of nitrogens with one attached hydrogen (secondary N) is 1. The van der Waals surface area contributed by atoms with Crippen molar-refractivity contribution in [2.75, 3.05) is 33.7 Å². The number of carbonyl (C=O) groups is 1. The van der Waals surface area contributed by atoms with Crippen LogP contribution < -0.4 is 11.1 Å². The molecular formula is C22H36IN5O. The Bertz CT molecular complexity index is 679. The van der Waals surface area contributed by atoms with Gasteiger partial charge in [0, 0.05) is 40.3 Å². The number of guanidine groups is 1. The van der Waals surface area contributed by atoms with E-state index in [0.29, 0.717) is 0 Å². The molecule has 0 saturated carbocycles. The first kappa shape index (κ1) is 25.4. The summed E-state index contributed by atoms with van der Waals surface area (Å²) >= 11 is 0. The van der Waals surface area contributed by atoms with Gasteiger partial charge in [0.25, 0.3) is 0 Å². The summed E-state index contributed by atoms with van der Waals surface area (Å²) < 4.78 is 0. The van der Waals surface area contributed by atoms with Gasteiger partial charge >= 0.3 is 0 Å². The lowest BCUT2D eigenvalue weighted by molar-refractivity contribution is -0.123. The van der Waals surface area contributed by atoms with Gasteiger partial charge in [0.2, 0.25) is 5.91 Å². The van der Waals surface area contributed by atoms with Crippen molar-refractivity contribution in [3.05, 3.63) is 48.0 Å². The van der Waals surface area contributed by atoms with Crippen molar-refractivity contribution in [2.24, 2.45) is 16.6 Å². The van der Waals surface area contributed by atoms with Crippen LogP contribution in [0.4, 0.5) is 0 Å². The Labute approximate surface area is 192 Å². The first-order valence-corrected chi connectivity index (χ1v) is 10.2. The second kappa shape index (κ2) is 13.6. The number of hydrogen-bond acceptors (Lipinski definition) is 3. The Hall–Kier alpha value is -1.61. The summed E-state index contributed by atoms with van der Waals surface area (Å²) in [5.74, 6) is 0.708. The van der Waals surface area contributed by atoms with Crippen LogP contribution in [0.3, 0.4) is 0 Å². The highest BCUT2D eigenvalue weighted by molar-refractivity contribution is 14.0. The Morgan fingerprint density at radius 1 is 1.45 bits per heavy atom. The summed E-state index contributed by atoms with van der Waals surface area (Å²) in [6.07, 6.45) is 5.97. The molecule has 1 aromatic rings. The van der Waals surface area contributed by atoms with E-state index in [9.17, 15) is 4.79 Å². The van der Waals surface area contributed by atoms with Gasteiger partial charge in [-0.2, -0.15) is 0 Å². The van der Waals surface area contributed by atoms with Crippen LogP contribution in [0, 0.1) is 5.92 Å². The summed E-state index contributed by atoms with van der Waals surface area (Å²) in [7, 11) is 3.87. The third-order valence-corrected chi connectivity index (χ3v) is 5.23. The van der Waals surface area contributed by atoms with Gasteiger partial charge in [-0.25, -0.2) is 0 Å². The number of primary amides is 1. The fourth-order valence-electron chi connectivity index (χ4n) is 3.67. The van der Waals surface area contributed by atoms with Crippen LogP contribution in [0.1, 0.15) is 36.8 Å². The summed E-state index contributed by atoms with van der Waals surface area (Å²) in [6, 6.07) is 8.60. The highest BCUT2D eigenvalue weighted by atomic mass is 127. The number of likely N-dealkylation sites (tertiary alicyclic amines) is 1. The first-order chi connectivity index (χ1) is 13.5.